The number of hydrogen-bond acceptors (Lipinski definition) is 8. The Balaban J connectivity index is 1.61. The minimum atomic E-state index is -0.537. The van der Waals surface area contributed by atoms with Crippen LogP contribution in [-0.4, -0.2) is 60.8 Å². The van der Waals surface area contributed by atoms with Crippen molar-refractivity contribution in [2.75, 3.05) is 19.7 Å². The second kappa shape index (κ2) is 7.62. The van der Waals surface area contributed by atoms with Crippen molar-refractivity contribution in [2.24, 2.45) is 5.92 Å². The van der Waals surface area contributed by atoms with Crippen molar-refractivity contribution in [3.8, 4) is 11.5 Å². The number of carbonyl (C=O) groups excluding carboxylic acids is 3. The summed E-state index contributed by atoms with van der Waals surface area (Å²) in [5.74, 6) is 0.0299. The molecule has 0 aromatic heterocycles. The van der Waals surface area contributed by atoms with Crippen LogP contribution in [0.1, 0.15) is 38.3 Å². The summed E-state index contributed by atoms with van der Waals surface area (Å²) in [6.45, 7) is 5.85. The monoisotopic (exact) mass is 441 g/mol. The summed E-state index contributed by atoms with van der Waals surface area (Å²) in [5.41, 5.74) is 1.76. The van der Waals surface area contributed by atoms with Crippen molar-refractivity contribution in [1.82, 2.24) is 4.90 Å². The van der Waals surface area contributed by atoms with Gasteiger partial charge in [0.15, 0.2) is 17.6 Å². The average Bonchev–Trinajstić information content (AvgIpc) is 3.07. The number of piperidine rings is 1. The van der Waals surface area contributed by atoms with Crippen molar-refractivity contribution in [3.63, 3.8) is 0 Å². The second-order valence-corrected chi connectivity index (χ2v) is 8.88. The molecule has 2 aliphatic carbocycles. The molecule has 1 aromatic rings. The van der Waals surface area contributed by atoms with Gasteiger partial charge in [-0.1, -0.05) is 12.1 Å². The van der Waals surface area contributed by atoms with E-state index in [1.54, 1.807) is 6.07 Å². The molecule has 2 heterocycles. The van der Waals surface area contributed by atoms with Crippen molar-refractivity contribution in [2.45, 2.75) is 57.3 Å². The molecule has 170 valence electrons. The number of likely N-dealkylation sites (tertiary alicyclic amines) is 1. The lowest BCUT2D eigenvalue weighted by Gasteiger charge is -2.57. The summed E-state index contributed by atoms with van der Waals surface area (Å²) in [7, 11) is 0. The average molecular weight is 441 g/mol. The molecular formula is C24H27NO7. The molecule has 1 spiro atoms. The van der Waals surface area contributed by atoms with Crippen LogP contribution < -0.4 is 9.47 Å². The fraction of sp³-hybridized carbons (Fsp3) is 0.542. The molecule has 1 aromatic carbocycles. The van der Waals surface area contributed by atoms with Crippen LogP contribution in [0.5, 0.6) is 11.5 Å². The summed E-state index contributed by atoms with van der Waals surface area (Å²) >= 11 is 0. The van der Waals surface area contributed by atoms with Crippen molar-refractivity contribution >= 4 is 17.9 Å². The third-order valence-electron chi connectivity index (χ3n) is 7.15. The number of esters is 3. The van der Waals surface area contributed by atoms with Gasteiger partial charge in [0, 0.05) is 43.3 Å². The number of hydrogen-bond donors (Lipinski definition) is 0. The van der Waals surface area contributed by atoms with E-state index >= 15 is 0 Å². The van der Waals surface area contributed by atoms with Crippen LogP contribution in [0.2, 0.25) is 0 Å². The van der Waals surface area contributed by atoms with Gasteiger partial charge in [-0.2, -0.15) is 0 Å². The fourth-order valence-electron chi connectivity index (χ4n) is 6.20. The lowest BCUT2D eigenvalue weighted by Crippen LogP contribution is -2.66. The number of ether oxygens (including phenoxy) is 4. The maximum Gasteiger partial charge on any atom is 0.320 e. The van der Waals surface area contributed by atoms with Crippen molar-refractivity contribution < 1.29 is 33.3 Å². The first-order chi connectivity index (χ1) is 15.3. The summed E-state index contributed by atoms with van der Waals surface area (Å²) in [5, 5.41) is 0. The largest absolute Gasteiger partial charge is 0.481 e. The van der Waals surface area contributed by atoms with E-state index in [0.717, 1.165) is 24.0 Å². The van der Waals surface area contributed by atoms with E-state index in [1.807, 2.05) is 19.1 Å². The molecule has 0 unspecified atom stereocenters. The Hall–Kier alpha value is -2.87. The van der Waals surface area contributed by atoms with E-state index in [4.69, 9.17) is 18.9 Å². The predicted molar refractivity (Wildman–Crippen MR) is 112 cm³/mol. The van der Waals surface area contributed by atoms with Crippen molar-refractivity contribution in [3.05, 3.63) is 35.4 Å². The van der Waals surface area contributed by atoms with Gasteiger partial charge in [0.05, 0.1) is 13.2 Å². The predicted octanol–water partition coefficient (Wildman–Crippen LogP) is 1.92. The van der Waals surface area contributed by atoms with Crippen LogP contribution in [0.4, 0.5) is 0 Å². The molecule has 4 aliphatic rings. The van der Waals surface area contributed by atoms with Gasteiger partial charge < -0.3 is 18.9 Å². The molecule has 5 rings (SSSR count). The third-order valence-corrected chi connectivity index (χ3v) is 7.15. The van der Waals surface area contributed by atoms with Crippen LogP contribution in [0, 0.1) is 5.92 Å². The molecule has 0 radical (unpaired) electrons. The van der Waals surface area contributed by atoms with E-state index < -0.39 is 23.6 Å². The van der Waals surface area contributed by atoms with E-state index in [-0.39, 0.29) is 30.4 Å². The van der Waals surface area contributed by atoms with Crippen LogP contribution in [0.15, 0.2) is 24.3 Å². The number of benzene rings is 1. The molecule has 2 aliphatic heterocycles. The molecule has 0 N–H and O–H groups in total. The maximum atomic E-state index is 12.3. The number of nitrogens with zero attached hydrogens (tertiary/aromatic N) is 1. The lowest BCUT2D eigenvalue weighted by atomic mass is 9.53. The SMILES string of the molecule is CCOC(=O)CN1CC[C@]23c4c5ccc(OC(C)=O)c4O[C@H]2[C@@H](OC(C)=O)C=C[C@H]3[C@H]1C5. The Labute approximate surface area is 186 Å². The summed E-state index contributed by atoms with van der Waals surface area (Å²) in [6.07, 6.45) is 4.53. The zero-order valence-corrected chi connectivity index (χ0v) is 18.5. The van der Waals surface area contributed by atoms with Gasteiger partial charge in [-0.3, -0.25) is 19.3 Å². The van der Waals surface area contributed by atoms with Crippen LogP contribution in [-0.2, 0) is 35.7 Å². The summed E-state index contributed by atoms with van der Waals surface area (Å²) in [4.78, 5) is 38.0. The Morgan fingerprint density at radius 2 is 2.00 bits per heavy atom. The van der Waals surface area contributed by atoms with Crippen molar-refractivity contribution in [1.29, 1.82) is 0 Å². The quantitative estimate of drug-likeness (QED) is 0.389. The fourth-order valence-corrected chi connectivity index (χ4v) is 6.20. The van der Waals surface area contributed by atoms with Crippen LogP contribution >= 0.6 is 0 Å². The molecule has 1 fully saturated rings. The summed E-state index contributed by atoms with van der Waals surface area (Å²) < 4.78 is 22.8. The zero-order valence-electron chi connectivity index (χ0n) is 18.5. The molecular weight excluding hydrogens is 414 g/mol. The second-order valence-electron chi connectivity index (χ2n) is 8.88. The molecule has 8 nitrogen and oxygen atoms in total. The molecule has 2 bridgehead atoms. The molecule has 0 saturated carbocycles. The Bertz CT molecular complexity index is 1020. The Morgan fingerprint density at radius 3 is 2.72 bits per heavy atom. The summed E-state index contributed by atoms with van der Waals surface area (Å²) in [6, 6.07) is 3.84. The van der Waals surface area contributed by atoms with Gasteiger partial charge in [-0.05, 0) is 37.5 Å². The highest BCUT2D eigenvalue weighted by Gasteiger charge is 2.65. The minimum absolute atomic E-state index is 0.0730. The van der Waals surface area contributed by atoms with E-state index in [9.17, 15) is 14.4 Å². The number of rotatable bonds is 5. The maximum absolute atomic E-state index is 12.3. The first kappa shape index (κ1) is 21.0. The molecule has 8 heteroatoms. The highest BCUT2D eigenvalue weighted by Crippen LogP contribution is 2.62. The smallest absolute Gasteiger partial charge is 0.320 e. The first-order valence-electron chi connectivity index (χ1n) is 11.1. The first-order valence-corrected chi connectivity index (χ1v) is 11.1. The minimum Gasteiger partial charge on any atom is -0.481 e. The Kier molecular flexibility index (Phi) is 5.00. The Morgan fingerprint density at radius 1 is 1.19 bits per heavy atom. The van der Waals surface area contributed by atoms with Gasteiger partial charge in [-0.25, -0.2) is 0 Å². The van der Waals surface area contributed by atoms with Gasteiger partial charge in [0.1, 0.15) is 6.10 Å². The highest BCUT2D eigenvalue weighted by molar-refractivity contribution is 5.73. The standard InChI is InChI=1S/C24H27NO7/c1-4-29-20(28)12-25-10-9-24-16-6-8-19(31-14(3)27)23(24)32-22-18(30-13(2)26)7-5-15(21(22)24)11-17(16)25/h5-8,16-17,19,23H,4,9-12H2,1-3H3/t16-,17+,19-,23-,24-/m0/s1. The lowest BCUT2D eigenvalue weighted by molar-refractivity contribution is -0.154. The van der Waals surface area contributed by atoms with Gasteiger partial charge in [0.25, 0.3) is 0 Å². The molecule has 5 atom stereocenters. The van der Waals surface area contributed by atoms with Gasteiger partial charge >= 0.3 is 17.9 Å². The van der Waals surface area contributed by atoms with Crippen LogP contribution in [0.3, 0.4) is 0 Å². The zero-order chi connectivity index (χ0) is 22.6. The van der Waals surface area contributed by atoms with E-state index in [2.05, 4.69) is 11.0 Å². The molecule has 1 saturated heterocycles. The van der Waals surface area contributed by atoms with Crippen LogP contribution in [0.25, 0.3) is 0 Å². The third kappa shape index (κ3) is 3.03. The highest BCUT2D eigenvalue weighted by atomic mass is 16.6. The number of carbonyl (C=O) groups is 3. The van der Waals surface area contributed by atoms with E-state index in [1.165, 1.54) is 13.8 Å². The van der Waals surface area contributed by atoms with Gasteiger partial charge in [0.2, 0.25) is 0 Å². The molecule has 32 heavy (non-hydrogen) atoms. The normalized spacial score (nSPS) is 31.3. The topological polar surface area (TPSA) is 91.4 Å². The van der Waals surface area contributed by atoms with E-state index in [0.29, 0.717) is 24.7 Å². The van der Waals surface area contributed by atoms with Gasteiger partial charge in [-0.15, -0.1) is 0 Å². The molecule has 0 amide bonds.